The Hall–Kier alpha value is -3.31. The summed E-state index contributed by atoms with van der Waals surface area (Å²) in [5, 5.41) is 3.63. The minimum Gasteiger partial charge on any atom is -0.494 e. The van der Waals surface area contributed by atoms with E-state index in [0.717, 1.165) is 60.4 Å². The molecule has 1 heterocycles. The Labute approximate surface area is 205 Å². The number of carbonyl (C=O) groups excluding carboxylic acids is 1. The van der Waals surface area contributed by atoms with Crippen LogP contribution in [0.25, 0.3) is 11.0 Å². The summed E-state index contributed by atoms with van der Waals surface area (Å²) < 4.78 is 8.13. The minimum atomic E-state index is -0.0139. The van der Waals surface area contributed by atoms with E-state index in [9.17, 15) is 4.79 Å². The molecule has 0 aliphatic rings. The molecular weight excluding hydrogens is 446 g/mol. The summed E-state index contributed by atoms with van der Waals surface area (Å²) in [6.07, 6.45) is 3.91. The average Bonchev–Trinajstić information content (AvgIpc) is 3.21. The molecule has 0 bridgehead atoms. The Bertz CT molecular complexity index is 1210. The molecule has 34 heavy (non-hydrogen) atoms. The molecule has 176 valence electrons. The van der Waals surface area contributed by atoms with Crippen molar-refractivity contribution in [2.24, 2.45) is 0 Å². The van der Waals surface area contributed by atoms with Crippen molar-refractivity contribution in [2.45, 2.75) is 38.6 Å². The van der Waals surface area contributed by atoms with Crippen molar-refractivity contribution in [3.63, 3.8) is 0 Å². The lowest BCUT2D eigenvalue weighted by Gasteiger charge is -2.11. The number of nitrogens with one attached hydrogen (secondary N) is 1. The monoisotopic (exact) mass is 475 g/mol. The van der Waals surface area contributed by atoms with E-state index in [0.29, 0.717) is 24.6 Å². The number of fused-ring (bicyclic) bond motifs is 1. The zero-order chi connectivity index (χ0) is 23.6. The number of aryl methyl sites for hydroxylation is 2. The van der Waals surface area contributed by atoms with Gasteiger partial charge < -0.3 is 14.6 Å². The van der Waals surface area contributed by atoms with Crippen LogP contribution in [0, 0.1) is 0 Å². The van der Waals surface area contributed by atoms with E-state index in [4.69, 9.17) is 21.3 Å². The number of unbranched alkanes of at least 4 members (excludes halogenated alkanes) is 1. The van der Waals surface area contributed by atoms with E-state index in [1.54, 1.807) is 0 Å². The third-order valence-corrected chi connectivity index (χ3v) is 6.10. The highest BCUT2D eigenvalue weighted by atomic mass is 35.5. The first-order valence-electron chi connectivity index (χ1n) is 11.8. The van der Waals surface area contributed by atoms with Crippen LogP contribution in [0.4, 0.5) is 0 Å². The number of nitrogens with zero attached hydrogens (tertiary/aromatic N) is 2. The number of rotatable bonds is 12. The number of carbonyl (C=O) groups is 1. The Morgan fingerprint density at radius 1 is 0.912 bits per heavy atom. The lowest BCUT2D eigenvalue weighted by Crippen LogP contribution is -2.26. The van der Waals surface area contributed by atoms with Crippen molar-refractivity contribution in [3.05, 3.63) is 95.3 Å². The van der Waals surface area contributed by atoms with Gasteiger partial charge >= 0.3 is 0 Å². The molecular formula is C28H30ClN3O2. The van der Waals surface area contributed by atoms with E-state index in [1.165, 1.54) is 0 Å². The first kappa shape index (κ1) is 23.8. The molecule has 1 amide bonds. The fourth-order valence-corrected chi connectivity index (χ4v) is 4.20. The number of hydrogen-bond donors (Lipinski definition) is 1. The molecule has 0 aliphatic heterocycles. The number of hydrogen-bond acceptors (Lipinski definition) is 3. The Morgan fingerprint density at radius 2 is 1.68 bits per heavy atom. The standard InChI is InChI=1S/C28H30ClN3O2/c29-24-14-5-4-11-22(24)21-28(33)30-18-10-17-27-31-25-15-6-7-16-26(25)32(27)19-8-9-20-34-23-12-2-1-3-13-23/h1-7,11-16H,8-10,17-21H2,(H,30,33). The summed E-state index contributed by atoms with van der Waals surface area (Å²) >= 11 is 6.16. The predicted molar refractivity (Wildman–Crippen MR) is 137 cm³/mol. The van der Waals surface area contributed by atoms with Crippen molar-refractivity contribution in [2.75, 3.05) is 13.2 Å². The van der Waals surface area contributed by atoms with Crippen molar-refractivity contribution >= 4 is 28.5 Å². The van der Waals surface area contributed by atoms with Gasteiger partial charge in [0.15, 0.2) is 0 Å². The zero-order valence-electron chi connectivity index (χ0n) is 19.3. The fourth-order valence-electron chi connectivity index (χ4n) is 4.00. The van der Waals surface area contributed by atoms with Crippen molar-refractivity contribution < 1.29 is 9.53 Å². The second kappa shape index (κ2) is 12.2. The van der Waals surface area contributed by atoms with Crippen LogP contribution in [0.2, 0.25) is 5.02 Å². The van der Waals surface area contributed by atoms with Gasteiger partial charge in [0.05, 0.1) is 24.1 Å². The van der Waals surface area contributed by atoms with Crippen LogP contribution in [0.1, 0.15) is 30.7 Å². The summed E-state index contributed by atoms with van der Waals surface area (Å²) in [4.78, 5) is 17.1. The second-order valence-corrected chi connectivity index (χ2v) is 8.67. The summed E-state index contributed by atoms with van der Waals surface area (Å²) in [5.74, 6) is 1.96. The number of para-hydroxylation sites is 3. The number of halogens is 1. The maximum Gasteiger partial charge on any atom is 0.224 e. The molecule has 5 nitrogen and oxygen atoms in total. The number of ether oxygens (including phenoxy) is 1. The summed E-state index contributed by atoms with van der Waals surface area (Å²) in [6.45, 7) is 2.20. The SMILES string of the molecule is O=C(Cc1ccccc1Cl)NCCCc1nc2ccccc2n1CCCCOc1ccccc1. The van der Waals surface area contributed by atoms with Crippen LogP contribution in [0.15, 0.2) is 78.9 Å². The highest BCUT2D eigenvalue weighted by Crippen LogP contribution is 2.19. The van der Waals surface area contributed by atoms with Crippen LogP contribution >= 0.6 is 11.6 Å². The maximum atomic E-state index is 12.3. The van der Waals surface area contributed by atoms with Gasteiger partial charge in [0.2, 0.25) is 5.91 Å². The molecule has 4 aromatic rings. The fraction of sp³-hybridized carbons (Fsp3) is 0.286. The van der Waals surface area contributed by atoms with Crippen LogP contribution in [-0.2, 0) is 24.2 Å². The van der Waals surface area contributed by atoms with E-state index in [-0.39, 0.29) is 5.91 Å². The van der Waals surface area contributed by atoms with Crippen LogP contribution in [0.3, 0.4) is 0 Å². The summed E-state index contributed by atoms with van der Waals surface area (Å²) in [5.41, 5.74) is 3.02. The first-order valence-corrected chi connectivity index (χ1v) is 12.2. The third kappa shape index (κ3) is 6.61. The van der Waals surface area contributed by atoms with Gasteiger partial charge in [0, 0.05) is 24.5 Å². The molecule has 0 radical (unpaired) electrons. The minimum absolute atomic E-state index is 0.0139. The van der Waals surface area contributed by atoms with Gasteiger partial charge in [0.1, 0.15) is 11.6 Å². The number of imidazole rings is 1. The van der Waals surface area contributed by atoms with Crippen molar-refractivity contribution in [1.29, 1.82) is 0 Å². The third-order valence-electron chi connectivity index (χ3n) is 5.73. The molecule has 0 fully saturated rings. The van der Waals surface area contributed by atoms with Crippen molar-refractivity contribution in [3.8, 4) is 5.75 Å². The molecule has 0 unspecified atom stereocenters. The normalized spacial score (nSPS) is 11.0. The molecule has 0 saturated heterocycles. The lowest BCUT2D eigenvalue weighted by molar-refractivity contribution is -0.120. The van der Waals surface area contributed by atoms with Crippen LogP contribution < -0.4 is 10.1 Å². The lowest BCUT2D eigenvalue weighted by atomic mass is 10.1. The molecule has 4 rings (SSSR count). The molecule has 1 aromatic heterocycles. The first-order chi connectivity index (χ1) is 16.7. The highest BCUT2D eigenvalue weighted by Gasteiger charge is 2.11. The number of aromatic nitrogens is 2. The Kier molecular flexibility index (Phi) is 8.58. The van der Waals surface area contributed by atoms with E-state index >= 15 is 0 Å². The van der Waals surface area contributed by atoms with Gasteiger partial charge in [-0.1, -0.05) is 60.1 Å². The highest BCUT2D eigenvalue weighted by molar-refractivity contribution is 6.31. The molecule has 0 atom stereocenters. The predicted octanol–water partition coefficient (Wildman–Crippen LogP) is 5.84. The van der Waals surface area contributed by atoms with Gasteiger partial charge in [-0.3, -0.25) is 4.79 Å². The Balaban J connectivity index is 1.26. The molecule has 1 N–H and O–H groups in total. The summed E-state index contributed by atoms with van der Waals surface area (Å²) in [6, 6.07) is 25.6. The topological polar surface area (TPSA) is 56.2 Å². The van der Waals surface area contributed by atoms with Crippen LogP contribution in [0.5, 0.6) is 5.75 Å². The quantitative estimate of drug-likeness (QED) is 0.262. The van der Waals surface area contributed by atoms with Gasteiger partial charge in [-0.05, 0) is 55.2 Å². The summed E-state index contributed by atoms with van der Waals surface area (Å²) in [7, 11) is 0. The van der Waals surface area contributed by atoms with E-state index < -0.39 is 0 Å². The van der Waals surface area contributed by atoms with E-state index in [2.05, 4.69) is 28.1 Å². The van der Waals surface area contributed by atoms with Crippen LogP contribution in [-0.4, -0.2) is 28.6 Å². The molecule has 0 saturated carbocycles. The number of benzene rings is 3. The molecule has 0 spiro atoms. The van der Waals surface area contributed by atoms with E-state index in [1.807, 2.05) is 60.7 Å². The maximum absolute atomic E-state index is 12.3. The van der Waals surface area contributed by atoms with Crippen molar-refractivity contribution in [1.82, 2.24) is 14.9 Å². The molecule has 3 aromatic carbocycles. The second-order valence-electron chi connectivity index (χ2n) is 8.26. The zero-order valence-corrected chi connectivity index (χ0v) is 20.0. The van der Waals surface area contributed by atoms with Gasteiger partial charge in [0.25, 0.3) is 0 Å². The largest absolute Gasteiger partial charge is 0.494 e. The Morgan fingerprint density at radius 3 is 2.53 bits per heavy atom. The molecule has 6 heteroatoms. The molecule has 0 aliphatic carbocycles. The van der Waals surface area contributed by atoms with Gasteiger partial charge in [-0.25, -0.2) is 4.98 Å². The average molecular weight is 476 g/mol. The smallest absolute Gasteiger partial charge is 0.224 e. The van der Waals surface area contributed by atoms with Gasteiger partial charge in [-0.2, -0.15) is 0 Å². The van der Waals surface area contributed by atoms with Gasteiger partial charge in [-0.15, -0.1) is 0 Å². The number of amides is 1.